The lowest BCUT2D eigenvalue weighted by atomic mass is 10.2. The smallest absolute Gasteiger partial charge is 0.241 e. The SMILES string of the molecule is Cl.Cn1cnnc1Sc1ccc(NC(=O)C2CCCN2)cc1. The highest BCUT2D eigenvalue weighted by Gasteiger charge is 2.21. The number of amides is 1. The molecule has 0 aliphatic carbocycles. The molecule has 0 bridgehead atoms. The van der Waals surface area contributed by atoms with Gasteiger partial charge in [0.25, 0.3) is 0 Å². The first-order valence-corrected chi connectivity index (χ1v) is 7.70. The average molecular weight is 340 g/mol. The van der Waals surface area contributed by atoms with Crippen molar-refractivity contribution in [2.75, 3.05) is 11.9 Å². The molecule has 22 heavy (non-hydrogen) atoms. The van der Waals surface area contributed by atoms with E-state index in [1.807, 2.05) is 35.9 Å². The van der Waals surface area contributed by atoms with Crippen molar-refractivity contribution in [2.45, 2.75) is 28.9 Å². The van der Waals surface area contributed by atoms with Crippen LogP contribution in [0.15, 0.2) is 40.6 Å². The molecule has 118 valence electrons. The van der Waals surface area contributed by atoms with Gasteiger partial charge in [-0.3, -0.25) is 4.79 Å². The van der Waals surface area contributed by atoms with E-state index in [9.17, 15) is 4.79 Å². The van der Waals surface area contributed by atoms with Gasteiger partial charge in [-0.25, -0.2) is 0 Å². The quantitative estimate of drug-likeness (QED) is 0.892. The maximum atomic E-state index is 12.0. The van der Waals surface area contributed by atoms with Crippen LogP contribution in [0.1, 0.15) is 12.8 Å². The first-order valence-electron chi connectivity index (χ1n) is 6.88. The van der Waals surface area contributed by atoms with E-state index in [0.717, 1.165) is 35.1 Å². The molecule has 6 nitrogen and oxygen atoms in total. The van der Waals surface area contributed by atoms with E-state index < -0.39 is 0 Å². The maximum absolute atomic E-state index is 12.0. The minimum Gasteiger partial charge on any atom is -0.325 e. The number of nitrogens with zero attached hydrogens (tertiary/aromatic N) is 3. The van der Waals surface area contributed by atoms with E-state index in [0.29, 0.717) is 0 Å². The molecule has 1 aliphatic rings. The van der Waals surface area contributed by atoms with E-state index in [-0.39, 0.29) is 24.4 Å². The second kappa shape index (κ2) is 7.62. The number of anilines is 1. The standard InChI is InChI=1S/C14H17N5OS.ClH/c1-19-9-16-18-14(19)21-11-6-4-10(5-7-11)17-13(20)12-3-2-8-15-12;/h4-7,9,12,15H,2-3,8H2,1H3,(H,17,20);1H. The topological polar surface area (TPSA) is 71.8 Å². The summed E-state index contributed by atoms with van der Waals surface area (Å²) in [5, 5.41) is 14.8. The van der Waals surface area contributed by atoms with Gasteiger partial charge in [0.1, 0.15) is 6.33 Å². The summed E-state index contributed by atoms with van der Waals surface area (Å²) in [5.41, 5.74) is 0.816. The fourth-order valence-electron chi connectivity index (χ4n) is 2.21. The van der Waals surface area contributed by atoms with Gasteiger partial charge in [0.05, 0.1) is 6.04 Å². The van der Waals surface area contributed by atoms with Gasteiger partial charge in [-0.05, 0) is 55.4 Å². The Labute approximate surface area is 139 Å². The zero-order valence-corrected chi connectivity index (χ0v) is 13.8. The van der Waals surface area contributed by atoms with Crippen molar-refractivity contribution in [1.29, 1.82) is 0 Å². The van der Waals surface area contributed by atoms with E-state index >= 15 is 0 Å². The first kappa shape index (κ1) is 16.8. The molecule has 1 saturated heterocycles. The van der Waals surface area contributed by atoms with E-state index in [4.69, 9.17) is 0 Å². The molecule has 8 heteroatoms. The molecule has 0 radical (unpaired) electrons. The number of nitrogens with one attached hydrogen (secondary N) is 2. The molecule has 3 rings (SSSR count). The van der Waals surface area contributed by atoms with Gasteiger partial charge in [-0.15, -0.1) is 22.6 Å². The minimum atomic E-state index is -0.0577. The summed E-state index contributed by atoms with van der Waals surface area (Å²) < 4.78 is 1.87. The van der Waals surface area contributed by atoms with Gasteiger partial charge in [-0.1, -0.05) is 0 Å². The zero-order chi connectivity index (χ0) is 14.7. The first-order chi connectivity index (χ1) is 10.2. The van der Waals surface area contributed by atoms with Crippen LogP contribution in [0.3, 0.4) is 0 Å². The Morgan fingerprint density at radius 2 is 2.18 bits per heavy atom. The Balaban J connectivity index is 0.00000176. The van der Waals surface area contributed by atoms with Gasteiger partial charge in [0.2, 0.25) is 5.91 Å². The van der Waals surface area contributed by atoms with Crippen LogP contribution in [-0.2, 0) is 11.8 Å². The Bertz CT molecular complexity index is 624. The summed E-state index contributed by atoms with van der Waals surface area (Å²) >= 11 is 1.54. The summed E-state index contributed by atoms with van der Waals surface area (Å²) in [7, 11) is 1.91. The second-order valence-electron chi connectivity index (χ2n) is 4.99. The van der Waals surface area contributed by atoms with E-state index in [1.54, 1.807) is 6.33 Å². The summed E-state index contributed by atoms with van der Waals surface area (Å²) in [4.78, 5) is 13.1. The number of rotatable bonds is 4. The van der Waals surface area contributed by atoms with Crippen LogP contribution < -0.4 is 10.6 Å². The van der Waals surface area contributed by atoms with Crippen molar-refractivity contribution in [3.63, 3.8) is 0 Å². The number of hydrogen-bond acceptors (Lipinski definition) is 5. The molecule has 1 unspecified atom stereocenters. The Hall–Kier alpha value is -1.57. The van der Waals surface area contributed by atoms with Gasteiger partial charge >= 0.3 is 0 Å². The lowest BCUT2D eigenvalue weighted by Gasteiger charge is -2.11. The lowest BCUT2D eigenvalue weighted by Crippen LogP contribution is -2.35. The van der Waals surface area contributed by atoms with Crippen molar-refractivity contribution < 1.29 is 4.79 Å². The minimum absolute atomic E-state index is 0. The summed E-state index contributed by atoms with van der Waals surface area (Å²) in [6.07, 6.45) is 3.64. The van der Waals surface area contributed by atoms with Crippen LogP contribution in [0, 0.1) is 0 Å². The lowest BCUT2D eigenvalue weighted by molar-refractivity contribution is -0.117. The number of benzene rings is 1. The molecule has 1 aromatic carbocycles. The molecule has 0 spiro atoms. The Morgan fingerprint density at radius 3 is 2.77 bits per heavy atom. The van der Waals surface area contributed by atoms with Crippen LogP contribution in [0.25, 0.3) is 0 Å². The molecule has 2 heterocycles. The van der Waals surface area contributed by atoms with Crippen LogP contribution in [0.4, 0.5) is 5.69 Å². The zero-order valence-electron chi connectivity index (χ0n) is 12.2. The third kappa shape index (κ3) is 4.00. The largest absolute Gasteiger partial charge is 0.325 e. The van der Waals surface area contributed by atoms with Crippen LogP contribution in [0.5, 0.6) is 0 Å². The number of aromatic nitrogens is 3. The van der Waals surface area contributed by atoms with Crippen LogP contribution >= 0.6 is 24.2 Å². The summed E-state index contributed by atoms with van der Waals surface area (Å²) in [5.74, 6) is 0.0428. The molecule has 2 aromatic rings. The Morgan fingerprint density at radius 1 is 1.41 bits per heavy atom. The molecule has 0 saturated carbocycles. The van der Waals surface area contributed by atoms with Crippen LogP contribution in [-0.4, -0.2) is 33.3 Å². The fourth-order valence-corrected chi connectivity index (χ4v) is 2.98. The molecule has 1 amide bonds. The number of carbonyl (C=O) groups excluding carboxylic acids is 1. The number of aryl methyl sites for hydroxylation is 1. The summed E-state index contributed by atoms with van der Waals surface area (Å²) in [6, 6.07) is 7.70. The fraction of sp³-hybridized carbons (Fsp3) is 0.357. The van der Waals surface area contributed by atoms with Crippen molar-refractivity contribution in [3.8, 4) is 0 Å². The highest BCUT2D eigenvalue weighted by Crippen LogP contribution is 2.26. The van der Waals surface area contributed by atoms with Crippen molar-refractivity contribution in [3.05, 3.63) is 30.6 Å². The number of hydrogen-bond donors (Lipinski definition) is 2. The molecular formula is C14H18ClN5OS. The molecule has 1 fully saturated rings. The second-order valence-corrected chi connectivity index (χ2v) is 6.03. The van der Waals surface area contributed by atoms with Crippen molar-refractivity contribution in [1.82, 2.24) is 20.1 Å². The third-order valence-electron chi connectivity index (χ3n) is 3.38. The van der Waals surface area contributed by atoms with Crippen molar-refractivity contribution in [2.24, 2.45) is 7.05 Å². The van der Waals surface area contributed by atoms with Gasteiger partial charge in [0, 0.05) is 17.6 Å². The average Bonchev–Trinajstić information content (AvgIpc) is 3.14. The normalized spacial score (nSPS) is 17.0. The van der Waals surface area contributed by atoms with Gasteiger partial charge in [0.15, 0.2) is 5.16 Å². The highest BCUT2D eigenvalue weighted by atomic mass is 35.5. The highest BCUT2D eigenvalue weighted by molar-refractivity contribution is 7.99. The molecule has 1 atom stereocenters. The number of halogens is 1. The van der Waals surface area contributed by atoms with E-state index in [2.05, 4.69) is 20.8 Å². The Kier molecular flexibility index (Phi) is 5.82. The van der Waals surface area contributed by atoms with Crippen LogP contribution in [0.2, 0.25) is 0 Å². The predicted octanol–water partition coefficient (Wildman–Crippen LogP) is 2.08. The predicted molar refractivity (Wildman–Crippen MR) is 88.5 cm³/mol. The molecular weight excluding hydrogens is 322 g/mol. The molecule has 1 aliphatic heterocycles. The third-order valence-corrected chi connectivity index (χ3v) is 4.44. The monoisotopic (exact) mass is 339 g/mol. The molecule has 2 N–H and O–H groups in total. The van der Waals surface area contributed by atoms with Gasteiger partial charge in [-0.2, -0.15) is 0 Å². The van der Waals surface area contributed by atoms with Gasteiger partial charge < -0.3 is 15.2 Å². The number of carbonyl (C=O) groups is 1. The molecule has 1 aromatic heterocycles. The van der Waals surface area contributed by atoms with Crippen molar-refractivity contribution >= 4 is 35.8 Å². The maximum Gasteiger partial charge on any atom is 0.241 e. The summed E-state index contributed by atoms with van der Waals surface area (Å²) in [6.45, 7) is 0.922. The van der Waals surface area contributed by atoms with E-state index in [1.165, 1.54) is 11.8 Å².